The van der Waals surface area contributed by atoms with Crippen LogP contribution in [0.25, 0.3) is 0 Å². The minimum absolute atomic E-state index is 0.0522. The van der Waals surface area contributed by atoms with E-state index in [9.17, 15) is 25.0 Å². The van der Waals surface area contributed by atoms with Crippen LogP contribution in [0.15, 0.2) is 12.1 Å². The van der Waals surface area contributed by atoms with Gasteiger partial charge in [0, 0.05) is 13.1 Å². The van der Waals surface area contributed by atoms with E-state index < -0.39 is 27.1 Å². The summed E-state index contributed by atoms with van der Waals surface area (Å²) in [4.78, 5) is 34.2. The Bertz CT molecular complexity index is 657. The highest BCUT2D eigenvalue weighted by atomic mass is 16.6. The standard InChI is InChI=1S/C14H19N5O5/c15-14(20)10-8-11(13(19(23)24)9-12(10)18(21)22)16-4-7-17-5-2-1-3-6-17/h8-9,16H,1-7H2,(H2,15,20). The third-order valence-corrected chi connectivity index (χ3v) is 3.97. The molecule has 0 atom stereocenters. The van der Waals surface area contributed by atoms with Gasteiger partial charge in [0.2, 0.25) is 0 Å². The highest BCUT2D eigenvalue weighted by molar-refractivity contribution is 5.99. The van der Waals surface area contributed by atoms with E-state index in [4.69, 9.17) is 5.73 Å². The summed E-state index contributed by atoms with van der Waals surface area (Å²) in [7, 11) is 0. The number of primary amides is 1. The van der Waals surface area contributed by atoms with Gasteiger partial charge in [0.15, 0.2) is 0 Å². The summed E-state index contributed by atoms with van der Waals surface area (Å²) in [5.74, 6) is -1.00. The molecule has 1 aliphatic rings. The molecule has 0 aromatic heterocycles. The number of nitrogens with zero attached hydrogens (tertiary/aromatic N) is 3. The van der Waals surface area contributed by atoms with E-state index in [2.05, 4.69) is 10.2 Å². The second-order valence-corrected chi connectivity index (χ2v) is 5.59. The number of rotatable bonds is 7. The second-order valence-electron chi connectivity index (χ2n) is 5.59. The van der Waals surface area contributed by atoms with Crippen molar-refractivity contribution in [3.05, 3.63) is 37.9 Å². The minimum atomic E-state index is -1.00. The molecule has 130 valence electrons. The van der Waals surface area contributed by atoms with Gasteiger partial charge in [-0.15, -0.1) is 0 Å². The number of anilines is 1. The van der Waals surface area contributed by atoms with Crippen LogP contribution in [-0.2, 0) is 0 Å². The predicted octanol–water partition coefficient (Wildman–Crippen LogP) is 1.50. The number of amides is 1. The number of nitro groups is 2. The molecule has 1 heterocycles. The summed E-state index contributed by atoms with van der Waals surface area (Å²) in [5.41, 5.74) is 3.72. The Morgan fingerprint density at radius 2 is 1.75 bits per heavy atom. The van der Waals surface area contributed by atoms with Gasteiger partial charge in [-0.1, -0.05) is 6.42 Å². The van der Waals surface area contributed by atoms with E-state index in [1.807, 2.05) is 0 Å². The predicted molar refractivity (Wildman–Crippen MR) is 87.0 cm³/mol. The number of carbonyl (C=O) groups excluding carboxylic acids is 1. The number of hydrogen-bond donors (Lipinski definition) is 2. The van der Waals surface area contributed by atoms with E-state index in [-0.39, 0.29) is 11.3 Å². The lowest BCUT2D eigenvalue weighted by Crippen LogP contribution is -2.33. The first-order valence-electron chi connectivity index (χ1n) is 7.63. The van der Waals surface area contributed by atoms with Crippen LogP contribution in [0, 0.1) is 20.2 Å². The average Bonchev–Trinajstić information content (AvgIpc) is 2.54. The summed E-state index contributed by atoms with van der Waals surface area (Å²) in [5, 5.41) is 25.0. The van der Waals surface area contributed by atoms with Crippen molar-refractivity contribution in [2.24, 2.45) is 5.73 Å². The number of nitrogens with one attached hydrogen (secondary N) is 1. The van der Waals surface area contributed by atoms with Crippen LogP contribution < -0.4 is 11.1 Å². The maximum Gasteiger partial charge on any atom is 0.299 e. The third kappa shape index (κ3) is 4.16. The first-order chi connectivity index (χ1) is 11.4. The first kappa shape index (κ1) is 17.6. The SMILES string of the molecule is NC(=O)c1cc(NCCN2CCCCC2)c([N+](=O)[O-])cc1[N+](=O)[O-]. The summed E-state index contributed by atoms with van der Waals surface area (Å²) in [6.45, 7) is 3.09. The number of piperidine rings is 1. The molecule has 1 amide bonds. The molecular weight excluding hydrogens is 318 g/mol. The maximum atomic E-state index is 11.4. The second kappa shape index (κ2) is 7.68. The molecular formula is C14H19N5O5. The summed E-state index contributed by atoms with van der Waals surface area (Å²) < 4.78 is 0. The summed E-state index contributed by atoms with van der Waals surface area (Å²) >= 11 is 0. The number of hydrogen-bond acceptors (Lipinski definition) is 7. The average molecular weight is 337 g/mol. The Morgan fingerprint density at radius 1 is 1.12 bits per heavy atom. The zero-order valence-corrected chi connectivity index (χ0v) is 13.1. The van der Waals surface area contributed by atoms with Crippen LogP contribution in [0.4, 0.5) is 17.1 Å². The largest absolute Gasteiger partial charge is 0.378 e. The Morgan fingerprint density at radius 3 is 2.29 bits per heavy atom. The lowest BCUT2D eigenvalue weighted by Gasteiger charge is -2.26. The molecule has 2 rings (SSSR count). The van der Waals surface area contributed by atoms with Crippen molar-refractivity contribution in [3.63, 3.8) is 0 Å². The highest BCUT2D eigenvalue weighted by Gasteiger charge is 2.27. The quantitative estimate of drug-likeness (QED) is 0.566. The van der Waals surface area contributed by atoms with Crippen molar-refractivity contribution < 1.29 is 14.6 Å². The van der Waals surface area contributed by atoms with Crippen molar-refractivity contribution in [1.29, 1.82) is 0 Å². The normalized spacial score (nSPS) is 15.0. The molecule has 0 spiro atoms. The van der Waals surface area contributed by atoms with Gasteiger partial charge in [-0.2, -0.15) is 0 Å². The molecule has 1 aliphatic heterocycles. The van der Waals surface area contributed by atoms with E-state index in [1.165, 1.54) is 6.42 Å². The van der Waals surface area contributed by atoms with Crippen molar-refractivity contribution >= 4 is 23.0 Å². The Kier molecular flexibility index (Phi) is 5.64. The highest BCUT2D eigenvalue weighted by Crippen LogP contribution is 2.32. The molecule has 1 saturated heterocycles. The molecule has 0 aliphatic carbocycles. The van der Waals surface area contributed by atoms with E-state index in [0.717, 1.165) is 38.1 Å². The van der Waals surface area contributed by atoms with Gasteiger partial charge < -0.3 is 16.0 Å². The molecule has 1 aromatic rings. The minimum Gasteiger partial charge on any atom is -0.378 e. The van der Waals surface area contributed by atoms with Gasteiger partial charge in [0.1, 0.15) is 11.3 Å². The molecule has 24 heavy (non-hydrogen) atoms. The Hall–Kier alpha value is -2.75. The van der Waals surface area contributed by atoms with Crippen LogP contribution >= 0.6 is 0 Å². The van der Waals surface area contributed by atoms with Gasteiger partial charge in [0.05, 0.1) is 15.9 Å². The van der Waals surface area contributed by atoms with E-state index in [0.29, 0.717) is 13.1 Å². The van der Waals surface area contributed by atoms with E-state index in [1.54, 1.807) is 0 Å². The topological polar surface area (TPSA) is 145 Å². The number of nitro benzene ring substituents is 2. The fourth-order valence-corrected chi connectivity index (χ4v) is 2.75. The molecule has 1 aromatic carbocycles. The van der Waals surface area contributed by atoms with Crippen molar-refractivity contribution in [1.82, 2.24) is 4.90 Å². The van der Waals surface area contributed by atoms with Crippen molar-refractivity contribution in [2.45, 2.75) is 19.3 Å². The van der Waals surface area contributed by atoms with Crippen LogP contribution in [0.5, 0.6) is 0 Å². The van der Waals surface area contributed by atoms with Gasteiger partial charge in [-0.25, -0.2) is 0 Å². The number of carbonyl (C=O) groups is 1. The van der Waals surface area contributed by atoms with Crippen LogP contribution in [0.2, 0.25) is 0 Å². The number of nitrogens with two attached hydrogens (primary N) is 1. The van der Waals surface area contributed by atoms with Gasteiger partial charge in [-0.05, 0) is 32.0 Å². The third-order valence-electron chi connectivity index (χ3n) is 3.97. The van der Waals surface area contributed by atoms with Gasteiger partial charge in [-0.3, -0.25) is 25.0 Å². The first-order valence-corrected chi connectivity index (χ1v) is 7.63. The zero-order valence-electron chi connectivity index (χ0n) is 13.1. The summed E-state index contributed by atoms with van der Waals surface area (Å²) in [6.07, 6.45) is 3.47. The summed E-state index contributed by atoms with van der Waals surface area (Å²) in [6, 6.07) is 1.85. The molecule has 0 bridgehead atoms. The molecule has 0 unspecified atom stereocenters. The number of likely N-dealkylation sites (tertiary alicyclic amines) is 1. The molecule has 10 heteroatoms. The molecule has 3 N–H and O–H groups in total. The molecule has 10 nitrogen and oxygen atoms in total. The smallest absolute Gasteiger partial charge is 0.299 e. The zero-order chi connectivity index (χ0) is 17.7. The van der Waals surface area contributed by atoms with Gasteiger partial charge in [0.25, 0.3) is 17.3 Å². The van der Waals surface area contributed by atoms with Crippen LogP contribution in [-0.4, -0.2) is 46.8 Å². The van der Waals surface area contributed by atoms with Crippen molar-refractivity contribution in [3.8, 4) is 0 Å². The van der Waals surface area contributed by atoms with Crippen LogP contribution in [0.1, 0.15) is 29.6 Å². The lowest BCUT2D eigenvalue weighted by molar-refractivity contribution is -0.393. The Balaban J connectivity index is 2.20. The molecule has 1 fully saturated rings. The van der Waals surface area contributed by atoms with Crippen molar-refractivity contribution in [2.75, 3.05) is 31.5 Å². The van der Waals surface area contributed by atoms with E-state index >= 15 is 0 Å². The monoisotopic (exact) mass is 337 g/mol. The Labute approximate surface area is 137 Å². The lowest BCUT2D eigenvalue weighted by atomic mass is 10.1. The van der Waals surface area contributed by atoms with Gasteiger partial charge >= 0.3 is 0 Å². The maximum absolute atomic E-state index is 11.4. The molecule has 0 radical (unpaired) electrons. The fraction of sp³-hybridized carbons (Fsp3) is 0.500. The number of benzene rings is 1. The fourth-order valence-electron chi connectivity index (χ4n) is 2.75. The van der Waals surface area contributed by atoms with Crippen LogP contribution in [0.3, 0.4) is 0 Å². The molecule has 0 saturated carbocycles.